The Balaban J connectivity index is 2.85. The number of rotatable bonds is 6. The number of nitrogens with one attached hydrogen (secondary N) is 1. The fraction of sp³-hybridized carbons (Fsp3) is 0.429. The predicted molar refractivity (Wildman–Crippen MR) is 77.4 cm³/mol. The second-order valence-electron chi connectivity index (χ2n) is 4.60. The Morgan fingerprint density at radius 2 is 1.95 bits per heavy atom. The van der Waals surface area contributed by atoms with Crippen LogP contribution in [-0.4, -0.2) is 35.0 Å². The molecule has 0 heterocycles. The quantitative estimate of drug-likeness (QED) is 0.835. The Bertz CT molecular complexity index is 449. The maximum absolute atomic E-state index is 11.7. The van der Waals surface area contributed by atoms with E-state index in [4.69, 9.17) is 0 Å². The lowest BCUT2D eigenvalue weighted by Gasteiger charge is -2.26. The number of benzene rings is 1. The van der Waals surface area contributed by atoms with Gasteiger partial charge in [-0.2, -0.15) is 11.8 Å². The van der Waals surface area contributed by atoms with Crippen LogP contribution in [0.1, 0.15) is 19.4 Å². The van der Waals surface area contributed by atoms with Gasteiger partial charge in [0.1, 0.15) is 5.41 Å². The summed E-state index contributed by atoms with van der Waals surface area (Å²) in [5.74, 6) is -1.09. The molecule has 1 aromatic carbocycles. The SMILES string of the molecule is CSC(C)C(=O)NCC(C)(C(=O)O)c1ccccc1. The largest absolute Gasteiger partial charge is 0.481 e. The Kier molecular flexibility index (Phi) is 5.42. The molecule has 5 heteroatoms. The Morgan fingerprint density at radius 3 is 2.42 bits per heavy atom. The minimum Gasteiger partial charge on any atom is -0.481 e. The average molecular weight is 281 g/mol. The molecular weight excluding hydrogens is 262 g/mol. The van der Waals surface area contributed by atoms with Crippen molar-refractivity contribution in [3.8, 4) is 0 Å². The van der Waals surface area contributed by atoms with E-state index in [2.05, 4.69) is 5.32 Å². The normalized spacial score (nSPS) is 15.3. The zero-order valence-electron chi connectivity index (χ0n) is 11.3. The lowest BCUT2D eigenvalue weighted by Crippen LogP contribution is -2.46. The van der Waals surface area contributed by atoms with Crippen molar-refractivity contribution >= 4 is 23.6 Å². The molecule has 1 rings (SSSR count). The number of aliphatic carboxylic acids is 1. The molecule has 4 nitrogen and oxygen atoms in total. The van der Waals surface area contributed by atoms with Crippen molar-refractivity contribution in [3.63, 3.8) is 0 Å². The van der Waals surface area contributed by atoms with Gasteiger partial charge in [-0.05, 0) is 25.7 Å². The van der Waals surface area contributed by atoms with Gasteiger partial charge < -0.3 is 10.4 Å². The van der Waals surface area contributed by atoms with Gasteiger partial charge in [0.15, 0.2) is 0 Å². The van der Waals surface area contributed by atoms with Crippen molar-refractivity contribution in [3.05, 3.63) is 35.9 Å². The van der Waals surface area contributed by atoms with Crippen LogP contribution >= 0.6 is 11.8 Å². The van der Waals surface area contributed by atoms with Gasteiger partial charge in [0.05, 0.1) is 5.25 Å². The molecule has 0 aliphatic rings. The maximum atomic E-state index is 11.7. The second kappa shape index (κ2) is 6.61. The highest BCUT2D eigenvalue weighted by Crippen LogP contribution is 2.23. The molecule has 0 spiro atoms. The minimum absolute atomic E-state index is 0.0794. The first-order chi connectivity index (χ1) is 8.91. The molecule has 104 valence electrons. The smallest absolute Gasteiger partial charge is 0.315 e. The van der Waals surface area contributed by atoms with Gasteiger partial charge in [-0.25, -0.2) is 0 Å². The first-order valence-electron chi connectivity index (χ1n) is 6.01. The molecule has 0 bridgehead atoms. The summed E-state index contributed by atoms with van der Waals surface area (Å²) in [4.78, 5) is 23.3. The van der Waals surface area contributed by atoms with Crippen LogP contribution in [-0.2, 0) is 15.0 Å². The van der Waals surface area contributed by atoms with Crippen LogP contribution in [0.25, 0.3) is 0 Å². The molecule has 2 atom stereocenters. The maximum Gasteiger partial charge on any atom is 0.315 e. The van der Waals surface area contributed by atoms with Gasteiger partial charge in [0.25, 0.3) is 0 Å². The van der Waals surface area contributed by atoms with E-state index in [0.717, 1.165) is 0 Å². The first kappa shape index (κ1) is 15.6. The highest BCUT2D eigenvalue weighted by atomic mass is 32.2. The number of amides is 1. The van der Waals surface area contributed by atoms with Crippen molar-refractivity contribution in [2.45, 2.75) is 24.5 Å². The summed E-state index contributed by atoms with van der Waals surface area (Å²) in [5, 5.41) is 12.0. The first-order valence-corrected chi connectivity index (χ1v) is 7.30. The van der Waals surface area contributed by atoms with E-state index in [0.29, 0.717) is 5.56 Å². The van der Waals surface area contributed by atoms with E-state index >= 15 is 0 Å². The molecule has 19 heavy (non-hydrogen) atoms. The van der Waals surface area contributed by atoms with Crippen molar-refractivity contribution < 1.29 is 14.7 Å². The monoisotopic (exact) mass is 281 g/mol. The highest BCUT2D eigenvalue weighted by Gasteiger charge is 2.35. The van der Waals surface area contributed by atoms with Crippen molar-refractivity contribution in [2.24, 2.45) is 0 Å². The van der Waals surface area contributed by atoms with Crippen LogP contribution in [0, 0.1) is 0 Å². The summed E-state index contributed by atoms with van der Waals surface area (Å²) in [6.45, 7) is 3.49. The van der Waals surface area contributed by atoms with E-state index in [9.17, 15) is 14.7 Å². The lowest BCUT2D eigenvalue weighted by molar-refractivity contribution is -0.143. The molecule has 1 aromatic rings. The molecule has 2 N–H and O–H groups in total. The molecule has 0 radical (unpaired) electrons. The van der Waals surface area contributed by atoms with Crippen molar-refractivity contribution in [2.75, 3.05) is 12.8 Å². The van der Waals surface area contributed by atoms with Crippen molar-refractivity contribution in [1.29, 1.82) is 0 Å². The molecular formula is C14H19NO3S. The van der Waals surface area contributed by atoms with E-state index in [-0.39, 0.29) is 17.7 Å². The van der Waals surface area contributed by atoms with Gasteiger partial charge in [0, 0.05) is 6.54 Å². The van der Waals surface area contributed by atoms with Crippen LogP contribution in [0.4, 0.5) is 0 Å². The van der Waals surface area contributed by atoms with E-state index in [1.54, 1.807) is 38.1 Å². The minimum atomic E-state index is -1.12. The molecule has 0 saturated heterocycles. The third-order valence-electron chi connectivity index (χ3n) is 3.22. The molecule has 0 fully saturated rings. The summed E-state index contributed by atoms with van der Waals surface area (Å²) in [6, 6.07) is 8.95. The van der Waals surface area contributed by atoms with Crippen LogP contribution in [0.2, 0.25) is 0 Å². The molecule has 0 aromatic heterocycles. The van der Waals surface area contributed by atoms with Crippen LogP contribution in [0.15, 0.2) is 30.3 Å². The number of carboxylic acids is 1. The van der Waals surface area contributed by atoms with Crippen LogP contribution < -0.4 is 5.32 Å². The standard InChI is InChI=1S/C14H19NO3S/c1-10(19-3)12(16)15-9-14(2,13(17)18)11-7-5-4-6-8-11/h4-8,10H,9H2,1-3H3,(H,15,16)(H,17,18). The Labute approximate surface area is 117 Å². The van der Waals surface area contributed by atoms with Gasteiger partial charge in [-0.3, -0.25) is 9.59 Å². The fourth-order valence-corrected chi connectivity index (χ4v) is 1.92. The number of hydrogen-bond acceptors (Lipinski definition) is 3. The molecule has 0 aliphatic heterocycles. The summed E-state index contributed by atoms with van der Waals surface area (Å²) in [7, 11) is 0. The average Bonchev–Trinajstić information content (AvgIpc) is 2.44. The second-order valence-corrected chi connectivity index (χ2v) is 5.78. The number of carbonyl (C=O) groups is 2. The number of thioether (sulfide) groups is 1. The fourth-order valence-electron chi connectivity index (χ4n) is 1.62. The summed E-state index contributed by atoms with van der Waals surface area (Å²) in [6.07, 6.45) is 1.85. The summed E-state index contributed by atoms with van der Waals surface area (Å²) >= 11 is 1.43. The summed E-state index contributed by atoms with van der Waals surface area (Å²) in [5.41, 5.74) is -0.436. The lowest BCUT2D eigenvalue weighted by atomic mass is 9.82. The number of carbonyl (C=O) groups excluding carboxylic acids is 1. The van der Waals surface area contributed by atoms with Crippen LogP contribution in [0.3, 0.4) is 0 Å². The van der Waals surface area contributed by atoms with E-state index < -0.39 is 11.4 Å². The third kappa shape index (κ3) is 3.73. The van der Waals surface area contributed by atoms with E-state index in [1.807, 2.05) is 12.3 Å². The zero-order chi connectivity index (χ0) is 14.5. The van der Waals surface area contributed by atoms with Crippen LogP contribution in [0.5, 0.6) is 0 Å². The number of carboxylic acid groups (broad SMARTS) is 1. The van der Waals surface area contributed by atoms with Gasteiger partial charge in [0.2, 0.25) is 5.91 Å². The van der Waals surface area contributed by atoms with Crippen molar-refractivity contribution in [1.82, 2.24) is 5.32 Å². The van der Waals surface area contributed by atoms with Gasteiger partial charge in [-0.15, -0.1) is 0 Å². The predicted octanol–water partition coefficient (Wildman–Crippen LogP) is 1.90. The Hall–Kier alpha value is -1.49. The van der Waals surface area contributed by atoms with Gasteiger partial charge >= 0.3 is 5.97 Å². The van der Waals surface area contributed by atoms with E-state index in [1.165, 1.54) is 11.8 Å². The number of hydrogen-bond donors (Lipinski definition) is 2. The third-order valence-corrected chi connectivity index (χ3v) is 4.14. The highest BCUT2D eigenvalue weighted by molar-refractivity contribution is 7.99. The molecule has 0 aliphatic carbocycles. The topological polar surface area (TPSA) is 66.4 Å². The molecule has 0 saturated carbocycles. The van der Waals surface area contributed by atoms with Gasteiger partial charge in [-0.1, -0.05) is 30.3 Å². The zero-order valence-corrected chi connectivity index (χ0v) is 12.2. The Morgan fingerprint density at radius 1 is 1.37 bits per heavy atom. The molecule has 1 amide bonds. The summed E-state index contributed by atoms with van der Waals surface area (Å²) < 4.78 is 0. The molecule has 2 unspecified atom stereocenters.